The van der Waals surface area contributed by atoms with Crippen LogP contribution in [-0.4, -0.2) is 97.5 Å². The summed E-state index contributed by atoms with van der Waals surface area (Å²) in [5, 5.41) is 30.7. The highest BCUT2D eigenvalue weighted by molar-refractivity contribution is 7.80. The Hall–Kier alpha value is -4.02. The number of hydrogen-bond donors (Lipinski definition) is 4. The largest absolute Gasteiger partial charge is 0.457 e. The number of ether oxygens (including phenoxy) is 4. The van der Waals surface area contributed by atoms with Crippen LogP contribution in [-0.2, 0) is 38.3 Å². The van der Waals surface area contributed by atoms with Gasteiger partial charge in [0.25, 0.3) is 0 Å². The second-order valence-corrected chi connectivity index (χ2v) is 16.3. The summed E-state index contributed by atoms with van der Waals surface area (Å²) in [7, 11) is -5.09. The Morgan fingerprint density at radius 1 is 0.576 bits per heavy atom. The standard InChI is InChI=1S/C53H80O12S/c1-3-5-7-9-11-13-15-17-19-20-21-22-23-24-25-26-27-29-31-33-35-37-39-41-43-61-45-47(46-62-53-51(57)52(65-66(58,59)60)50(56)48(44-54)64-53)63-49(55)42-40-38-36-34-32-30-28-18-16-14-12-10-8-6-4-2/h5-8,11-14,17-19,21-22,24-25,27-29,32-35,38,40,47-48,50-54,56-57H,3-4,9-10,15-16,20,23,26,30-31,36-37,39,41-46H2,1-2H3,(H,58,59,60)/b7-5-,8-6-,13-11-,14-12-,19-17-,22-21-,25-24-,28-18-,29-27-,34-32-,35-33-,40-38-. The smallest absolute Gasteiger partial charge is 0.397 e. The molecule has 6 atom stereocenters. The Bertz CT molecular complexity index is 1700. The van der Waals surface area contributed by atoms with Gasteiger partial charge in [0.15, 0.2) is 6.29 Å². The van der Waals surface area contributed by atoms with Crippen LogP contribution in [0.1, 0.15) is 117 Å². The molecule has 0 amide bonds. The molecule has 6 unspecified atom stereocenters. The summed E-state index contributed by atoms with van der Waals surface area (Å²) in [6.07, 6.45) is 54.9. The van der Waals surface area contributed by atoms with Gasteiger partial charge in [-0.2, -0.15) is 8.42 Å². The number of carbonyl (C=O) groups excluding carboxylic acids is 1. The van der Waals surface area contributed by atoms with E-state index < -0.39 is 59.8 Å². The van der Waals surface area contributed by atoms with Crippen LogP contribution in [0, 0.1) is 0 Å². The van der Waals surface area contributed by atoms with Crippen LogP contribution in [0.25, 0.3) is 0 Å². The molecular formula is C53H80O12S. The molecule has 4 N–H and O–H groups in total. The summed E-state index contributed by atoms with van der Waals surface area (Å²) in [6.45, 7) is 3.48. The quantitative estimate of drug-likeness (QED) is 0.0200. The molecule has 66 heavy (non-hydrogen) atoms. The Morgan fingerprint density at radius 3 is 1.39 bits per heavy atom. The van der Waals surface area contributed by atoms with Crippen molar-refractivity contribution >= 4 is 16.4 Å². The summed E-state index contributed by atoms with van der Waals surface area (Å²) < 4.78 is 58.9. The van der Waals surface area contributed by atoms with E-state index in [0.29, 0.717) is 13.0 Å². The zero-order valence-electron chi connectivity index (χ0n) is 39.4. The molecule has 0 aliphatic carbocycles. The number of unbranched alkanes of at least 4 members (excludes halogenated alkanes) is 2. The molecule has 1 rings (SSSR count). The van der Waals surface area contributed by atoms with Crippen molar-refractivity contribution in [1.82, 2.24) is 0 Å². The number of rotatable bonds is 38. The first kappa shape index (κ1) is 60.0. The molecule has 12 nitrogen and oxygen atoms in total. The molecule has 1 heterocycles. The van der Waals surface area contributed by atoms with Gasteiger partial charge in [0.05, 0.1) is 26.2 Å². The van der Waals surface area contributed by atoms with Crippen molar-refractivity contribution in [3.05, 3.63) is 146 Å². The maximum atomic E-state index is 12.8. The van der Waals surface area contributed by atoms with Crippen LogP contribution in [0.2, 0.25) is 0 Å². The maximum absolute atomic E-state index is 12.8. The second kappa shape index (κ2) is 42.3. The normalized spacial score (nSPS) is 20.8. The van der Waals surface area contributed by atoms with Gasteiger partial charge in [-0.15, -0.1) is 0 Å². The van der Waals surface area contributed by atoms with E-state index in [-0.39, 0.29) is 19.6 Å². The molecule has 13 heteroatoms. The molecule has 1 aliphatic rings. The second-order valence-electron chi connectivity index (χ2n) is 15.2. The molecule has 0 spiro atoms. The van der Waals surface area contributed by atoms with Gasteiger partial charge < -0.3 is 34.3 Å². The fourth-order valence-electron chi connectivity index (χ4n) is 6.02. The lowest BCUT2D eigenvalue weighted by Crippen LogP contribution is -2.60. The predicted molar refractivity (Wildman–Crippen MR) is 266 cm³/mol. The Balaban J connectivity index is 2.50. The average molecular weight is 941 g/mol. The van der Waals surface area contributed by atoms with E-state index in [9.17, 15) is 28.5 Å². The number of carbonyl (C=O) groups is 1. The van der Waals surface area contributed by atoms with Gasteiger partial charge >= 0.3 is 16.4 Å². The highest BCUT2D eigenvalue weighted by atomic mass is 32.3. The van der Waals surface area contributed by atoms with Crippen LogP contribution in [0.3, 0.4) is 0 Å². The van der Waals surface area contributed by atoms with Crippen molar-refractivity contribution < 1.29 is 56.2 Å². The summed E-state index contributed by atoms with van der Waals surface area (Å²) in [5.74, 6) is -0.549. The van der Waals surface area contributed by atoms with E-state index in [1.807, 2.05) is 12.2 Å². The molecule has 0 radical (unpaired) electrons. The van der Waals surface area contributed by atoms with Crippen LogP contribution in [0.4, 0.5) is 0 Å². The lowest BCUT2D eigenvalue weighted by Gasteiger charge is -2.41. The molecule has 0 aromatic rings. The number of allylic oxidation sites excluding steroid dienone is 23. The monoisotopic (exact) mass is 941 g/mol. The van der Waals surface area contributed by atoms with Crippen LogP contribution in [0.15, 0.2) is 146 Å². The van der Waals surface area contributed by atoms with Gasteiger partial charge in [0.1, 0.15) is 30.5 Å². The fraction of sp³-hybridized carbons (Fsp3) is 0.528. The summed E-state index contributed by atoms with van der Waals surface area (Å²) >= 11 is 0. The van der Waals surface area contributed by atoms with Crippen molar-refractivity contribution in [3.8, 4) is 0 Å². The molecule has 0 bridgehead atoms. The first-order chi connectivity index (χ1) is 32.1. The number of aliphatic hydroxyl groups excluding tert-OH is 3. The van der Waals surface area contributed by atoms with E-state index >= 15 is 0 Å². The molecule has 1 aliphatic heterocycles. The lowest BCUT2D eigenvalue weighted by molar-refractivity contribution is -0.301. The van der Waals surface area contributed by atoms with Gasteiger partial charge in [-0.05, 0) is 96.3 Å². The molecule has 0 saturated carbocycles. The molecular weight excluding hydrogens is 861 g/mol. The van der Waals surface area contributed by atoms with E-state index in [1.54, 1.807) is 6.08 Å². The highest BCUT2D eigenvalue weighted by Crippen LogP contribution is 2.26. The third kappa shape index (κ3) is 35.2. The van der Waals surface area contributed by atoms with Crippen molar-refractivity contribution in [2.75, 3.05) is 26.4 Å². The average Bonchev–Trinajstić information content (AvgIpc) is 3.29. The molecule has 1 saturated heterocycles. The van der Waals surface area contributed by atoms with Gasteiger partial charge in [-0.25, -0.2) is 4.18 Å². The summed E-state index contributed by atoms with van der Waals surface area (Å²) in [4.78, 5) is 12.8. The van der Waals surface area contributed by atoms with E-state index in [0.717, 1.165) is 89.9 Å². The van der Waals surface area contributed by atoms with Crippen LogP contribution >= 0.6 is 0 Å². The zero-order chi connectivity index (χ0) is 48.2. The topological polar surface area (TPSA) is 178 Å². The van der Waals surface area contributed by atoms with E-state index in [2.05, 4.69) is 146 Å². The highest BCUT2D eigenvalue weighted by Gasteiger charge is 2.48. The van der Waals surface area contributed by atoms with E-state index in [1.165, 1.54) is 0 Å². The van der Waals surface area contributed by atoms with Crippen LogP contribution in [0.5, 0.6) is 0 Å². The van der Waals surface area contributed by atoms with Gasteiger partial charge in [-0.1, -0.05) is 160 Å². The van der Waals surface area contributed by atoms with Gasteiger partial charge in [-0.3, -0.25) is 9.35 Å². The zero-order valence-corrected chi connectivity index (χ0v) is 40.2. The van der Waals surface area contributed by atoms with Gasteiger partial charge in [0, 0.05) is 6.61 Å². The molecule has 370 valence electrons. The van der Waals surface area contributed by atoms with Crippen molar-refractivity contribution in [2.24, 2.45) is 0 Å². The first-order valence-electron chi connectivity index (χ1n) is 23.6. The number of esters is 1. The maximum Gasteiger partial charge on any atom is 0.397 e. The number of aliphatic hydroxyl groups is 3. The third-order valence-corrected chi connectivity index (χ3v) is 9.96. The SMILES string of the molecule is CC/C=C\C/C=C\C/C=C\C/C=C\C/C=C\C/C=C\C/C=C\CCCCOCC(COC1OC(CO)C(O)C(OS(=O)(=O)O)C1O)OC(=O)C/C=C\C/C=C\C/C=C\C/C=C\C/C=C\CC. The van der Waals surface area contributed by atoms with Crippen molar-refractivity contribution in [2.45, 2.75) is 153 Å². The van der Waals surface area contributed by atoms with E-state index in [4.69, 9.17) is 23.5 Å². The summed E-state index contributed by atoms with van der Waals surface area (Å²) in [5.41, 5.74) is 0. The van der Waals surface area contributed by atoms with Crippen molar-refractivity contribution in [1.29, 1.82) is 0 Å². The minimum Gasteiger partial charge on any atom is -0.457 e. The first-order valence-corrected chi connectivity index (χ1v) is 25.0. The molecule has 0 aromatic carbocycles. The van der Waals surface area contributed by atoms with Crippen LogP contribution < -0.4 is 0 Å². The predicted octanol–water partition coefficient (Wildman–Crippen LogP) is 10.5. The van der Waals surface area contributed by atoms with Crippen molar-refractivity contribution in [3.63, 3.8) is 0 Å². The minimum absolute atomic E-state index is 0.0134. The fourth-order valence-corrected chi connectivity index (χ4v) is 6.53. The molecule has 1 fully saturated rings. The molecule has 0 aromatic heterocycles. The minimum atomic E-state index is -5.09. The Morgan fingerprint density at radius 2 is 0.985 bits per heavy atom. The third-order valence-electron chi connectivity index (χ3n) is 9.49. The lowest BCUT2D eigenvalue weighted by atomic mass is 9.99. The Kier molecular flexibility index (Phi) is 38.5. The summed E-state index contributed by atoms with van der Waals surface area (Å²) in [6, 6.07) is 0. The Labute approximate surface area is 396 Å². The van der Waals surface area contributed by atoms with Gasteiger partial charge in [0.2, 0.25) is 0 Å². The number of hydrogen-bond acceptors (Lipinski definition) is 11.